The lowest BCUT2D eigenvalue weighted by atomic mass is 10.1. The lowest BCUT2D eigenvalue weighted by Gasteiger charge is -2.00. The van der Waals surface area contributed by atoms with Crippen molar-refractivity contribution in [2.45, 2.75) is 0 Å². The highest BCUT2D eigenvalue weighted by atomic mass is 79.9. The summed E-state index contributed by atoms with van der Waals surface area (Å²) < 4.78 is 2.02. The van der Waals surface area contributed by atoms with Gasteiger partial charge in [-0.25, -0.2) is 4.79 Å². The molecule has 1 aromatic heterocycles. The van der Waals surface area contributed by atoms with Crippen molar-refractivity contribution in [2.24, 2.45) is 7.05 Å². The Morgan fingerprint density at radius 3 is 2.47 bits per heavy atom. The number of aryl methyl sites for hydroxylation is 1. The van der Waals surface area contributed by atoms with Crippen molar-refractivity contribution < 1.29 is 14.7 Å². The number of benzene rings is 1. The highest BCUT2D eigenvalue weighted by Crippen LogP contribution is 2.24. The first-order chi connectivity index (χ1) is 8.90. The van der Waals surface area contributed by atoms with E-state index in [0.29, 0.717) is 20.6 Å². The van der Waals surface area contributed by atoms with E-state index in [1.807, 2.05) is 0 Å². The summed E-state index contributed by atoms with van der Waals surface area (Å²) in [5.74, 6) is -1.32. The van der Waals surface area contributed by atoms with E-state index in [-0.39, 0.29) is 11.5 Å². The molecule has 0 bridgehead atoms. The van der Waals surface area contributed by atoms with Crippen molar-refractivity contribution in [3.63, 3.8) is 0 Å². The molecule has 0 spiro atoms. The van der Waals surface area contributed by atoms with Gasteiger partial charge in [0.15, 0.2) is 5.78 Å². The minimum absolute atomic E-state index is 0.0661. The number of carbonyl (C=O) groups excluding carboxylic acids is 1. The van der Waals surface area contributed by atoms with Crippen LogP contribution in [0.25, 0.3) is 0 Å². The molecule has 0 saturated carbocycles. The standard InChI is InChI=1S/C13H9BrClNO3/c1-16-6-8(5-11(16)13(18)19)12(17)7-2-3-10(15)9(14)4-7/h2-6H,1H3,(H,18,19). The first-order valence-corrected chi connectivity index (χ1v) is 6.46. The van der Waals surface area contributed by atoms with E-state index in [0.717, 1.165) is 0 Å². The van der Waals surface area contributed by atoms with Crippen molar-refractivity contribution in [3.05, 3.63) is 56.8 Å². The number of carboxylic acids is 1. The SMILES string of the molecule is Cn1cc(C(=O)c2ccc(Cl)c(Br)c2)cc1C(=O)O. The first kappa shape index (κ1) is 13.8. The smallest absolute Gasteiger partial charge is 0.352 e. The van der Waals surface area contributed by atoms with Crippen LogP contribution in [0.5, 0.6) is 0 Å². The molecule has 0 saturated heterocycles. The molecule has 1 aromatic carbocycles. The van der Waals surface area contributed by atoms with Crippen LogP contribution < -0.4 is 0 Å². The largest absolute Gasteiger partial charge is 0.477 e. The van der Waals surface area contributed by atoms with E-state index in [4.69, 9.17) is 16.7 Å². The fourth-order valence-corrected chi connectivity index (χ4v) is 2.20. The average Bonchev–Trinajstić information content (AvgIpc) is 2.74. The number of ketones is 1. The Labute approximate surface area is 122 Å². The maximum absolute atomic E-state index is 12.2. The van der Waals surface area contributed by atoms with Crippen LogP contribution in [0.2, 0.25) is 5.02 Å². The highest BCUT2D eigenvalue weighted by Gasteiger charge is 2.16. The Morgan fingerprint density at radius 2 is 1.95 bits per heavy atom. The number of halogens is 2. The molecule has 0 aliphatic heterocycles. The zero-order valence-corrected chi connectivity index (χ0v) is 12.2. The molecule has 2 aromatic rings. The summed E-state index contributed by atoms with van der Waals surface area (Å²) in [7, 11) is 1.58. The molecule has 4 nitrogen and oxygen atoms in total. The lowest BCUT2D eigenvalue weighted by molar-refractivity contribution is 0.0686. The van der Waals surface area contributed by atoms with E-state index < -0.39 is 5.97 Å². The first-order valence-electron chi connectivity index (χ1n) is 5.29. The fourth-order valence-electron chi connectivity index (χ4n) is 1.71. The maximum atomic E-state index is 12.2. The van der Waals surface area contributed by atoms with Gasteiger partial charge in [0, 0.05) is 28.8 Å². The molecule has 6 heteroatoms. The molecule has 1 N–H and O–H groups in total. The number of carbonyl (C=O) groups is 2. The molecular formula is C13H9BrClNO3. The van der Waals surface area contributed by atoms with Crippen molar-refractivity contribution in [2.75, 3.05) is 0 Å². The second-order valence-electron chi connectivity index (χ2n) is 3.99. The number of aromatic carboxylic acids is 1. The summed E-state index contributed by atoms with van der Waals surface area (Å²) in [6.45, 7) is 0. The van der Waals surface area contributed by atoms with Crippen LogP contribution in [0.15, 0.2) is 34.9 Å². The summed E-state index contributed by atoms with van der Waals surface area (Å²) in [5, 5.41) is 9.46. The predicted molar refractivity (Wildman–Crippen MR) is 75.0 cm³/mol. The number of hydrogen-bond donors (Lipinski definition) is 1. The molecule has 0 aliphatic carbocycles. The quantitative estimate of drug-likeness (QED) is 0.870. The van der Waals surface area contributed by atoms with Gasteiger partial charge in [-0.1, -0.05) is 11.6 Å². The van der Waals surface area contributed by atoms with Crippen molar-refractivity contribution in [1.29, 1.82) is 0 Å². The van der Waals surface area contributed by atoms with Gasteiger partial charge in [0.05, 0.1) is 5.02 Å². The Balaban J connectivity index is 2.41. The van der Waals surface area contributed by atoms with E-state index >= 15 is 0 Å². The van der Waals surface area contributed by atoms with E-state index in [1.54, 1.807) is 25.2 Å². The van der Waals surface area contributed by atoms with Gasteiger partial charge in [-0.05, 0) is 40.2 Å². The minimum atomic E-state index is -1.07. The lowest BCUT2D eigenvalue weighted by Crippen LogP contribution is -2.02. The van der Waals surface area contributed by atoms with E-state index in [1.165, 1.54) is 16.8 Å². The van der Waals surface area contributed by atoms with Crippen LogP contribution in [0.4, 0.5) is 0 Å². The van der Waals surface area contributed by atoms with Crippen molar-refractivity contribution in [3.8, 4) is 0 Å². The van der Waals surface area contributed by atoms with Gasteiger partial charge in [-0.2, -0.15) is 0 Å². The molecule has 0 fully saturated rings. The molecule has 0 unspecified atom stereocenters. The summed E-state index contributed by atoms with van der Waals surface area (Å²) in [5.41, 5.74) is 0.837. The molecule has 98 valence electrons. The van der Waals surface area contributed by atoms with Gasteiger partial charge in [0.25, 0.3) is 0 Å². The second kappa shape index (κ2) is 5.19. The van der Waals surface area contributed by atoms with Crippen LogP contribution in [0.3, 0.4) is 0 Å². The number of hydrogen-bond acceptors (Lipinski definition) is 2. The number of carboxylic acid groups (broad SMARTS) is 1. The summed E-state index contributed by atoms with van der Waals surface area (Å²) in [6, 6.07) is 6.17. The van der Waals surface area contributed by atoms with Crippen LogP contribution in [-0.4, -0.2) is 21.4 Å². The highest BCUT2D eigenvalue weighted by molar-refractivity contribution is 9.10. The van der Waals surface area contributed by atoms with E-state index in [2.05, 4.69) is 15.9 Å². The normalized spacial score (nSPS) is 10.5. The van der Waals surface area contributed by atoms with Gasteiger partial charge in [-0.15, -0.1) is 0 Å². The van der Waals surface area contributed by atoms with Crippen LogP contribution >= 0.6 is 27.5 Å². The third kappa shape index (κ3) is 2.72. The Morgan fingerprint density at radius 1 is 1.26 bits per heavy atom. The third-order valence-electron chi connectivity index (χ3n) is 2.67. The predicted octanol–water partition coefficient (Wildman–Crippen LogP) is 3.37. The third-order valence-corrected chi connectivity index (χ3v) is 3.88. The molecular weight excluding hydrogens is 334 g/mol. The minimum Gasteiger partial charge on any atom is -0.477 e. The molecule has 2 rings (SSSR count). The molecule has 1 heterocycles. The van der Waals surface area contributed by atoms with Gasteiger partial charge >= 0.3 is 5.97 Å². The zero-order chi connectivity index (χ0) is 14.2. The second-order valence-corrected chi connectivity index (χ2v) is 5.25. The van der Waals surface area contributed by atoms with Crippen molar-refractivity contribution in [1.82, 2.24) is 4.57 Å². The van der Waals surface area contributed by atoms with Crippen LogP contribution in [-0.2, 0) is 7.05 Å². The number of nitrogens with zero attached hydrogens (tertiary/aromatic N) is 1. The maximum Gasteiger partial charge on any atom is 0.352 e. The zero-order valence-electron chi connectivity index (χ0n) is 9.85. The number of aromatic nitrogens is 1. The fraction of sp³-hybridized carbons (Fsp3) is 0.0769. The summed E-state index contributed by atoms with van der Waals surface area (Å²) in [6.07, 6.45) is 1.49. The van der Waals surface area contributed by atoms with Gasteiger partial charge in [0.2, 0.25) is 0 Å². The Bertz CT molecular complexity index is 679. The average molecular weight is 343 g/mol. The summed E-state index contributed by atoms with van der Waals surface area (Å²) in [4.78, 5) is 23.2. The Hall–Kier alpha value is -1.59. The summed E-state index contributed by atoms with van der Waals surface area (Å²) >= 11 is 9.11. The topological polar surface area (TPSA) is 59.3 Å². The molecule has 0 radical (unpaired) electrons. The monoisotopic (exact) mass is 341 g/mol. The van der Waals surface area contributed by atoms with Gasteiger partial charge in [0.1, 0.15) is 5.69 Å². The Kier molecular flexibility index (Phi) is 3.78. The van der Waals surface area contributed by atoms with Crippen LogP contribution in [0, 0.1) is 0 Å². The van der Waals surface area contributed by atoms with Crippen LogP contribution in [0.1, 0.15) is 26.4 Å². The van der Waals surface area contributed by atoms with Gasteiger partial charge < -0.3 is 9.67 Å². The molecule has 19 heavy (non-hydrogen) atoms. The number of rotatable bonds is 3. The van der Waals surface area contributed by atoms with E-state index in [9.17, 15) is 9.59 Å². The van der Waals surface area contributed by atoms with Gasteiger partial charge in [-0.3, -0.25) is 4.79 Å². The molecule has 0 aliphatic rings. The van der Waals surface area contributed by atoms with Crippen molar-refractivity contribution >= 4 is 39.3 Å². The molecule has 0 atom stereocenters. The molecule has 0 amide bonds.